The largest absolute Gasteiger partial charge is 0.310 e. The van der Waals surface area contributed by atoms with Gasteiger partial charge in [0.2, 0.25) is 5.91 Å². The number of benzene rings is 3. The van der Waals surface area contributed by atoms with Crippen LogP contribution in [0.1, 0.15) is 16.7 Å². The average Bonchev–Trinajstić information content (AvgIpc) is 3.18. The molecule has 5 nitrogen and oxygen atoms in total. The number of rotatable bonds is 5. The number of amides is 1. The minimum atomic E-state index is -3.91. The third kappa shape index (κ3) is 3.71. The Kier molecular flexibility index (Phi) is 5.35. The lowest BCUT2D eigenvalue weighted by Gasteiger charge is -2.28. The third-order valence-electron chi connectivity index (χ3n) is 5.43. The van der Waals surface area contributed by atoms with Crippen LogP contribution >= 0.6 is 0 Å². The van der Waals surface area contributed by atoms with Crippen molar-refractivity contribution in [2.24, 2.45) is 0 Å². The molecule has 0 atom stereocenters. The van der Waals surface area contributed by atoms with Crippen LogP contribution in [0, 0.1) is 13.8 Å². The molecular weight excluding hydrogens is 396 g/mol. The summed E-state index contributed by atoms with van der Waals surface area (Å²) >= 11 is 0. The molecule has 3 aromatic carbocycles. The molecule has 1 aliphatic rings. The van der Waals surface area contributed by atoms with E-state index in [-0.39, 0.29) is 17.3 Å². The van der Waals surface area contributed by atoms with Crippen molar-refractivity contribution in [2.45, 2.75) is 25.2 Å². The van der Waals surface area contributed by atoms with Gasteiger partial charge >= 0.3 is 0 Å². The highest BCUT2D eigenvalue weighted by Gasteiger charge is 2.32. The standard InChI is InChI=1S/C24H24N2O3S/c1-18-12-13-19(2)23(16-18)26(30(28,29)21-9-4-3-5-10-21)17-24(27)25-15-14-20-8-6-7-11-22(20)25/h3-13,16H,14-15,17H2,1-2H3. The second-order valence-electron chi connectivity index (χ2n) is 7.54. The SMILES string of the molecule is Cc1ccc(C)c(N(CC(=O)N2CCc3ccccc32)S(=O)(=O)c2ccccc2)c1. The van der Waals surface area contributed by atoms with Gasteiger partial charge in [-0.15, -0.1) is 0 Å². The van der Waals surface area contributed by atoms with Crippen LogP contribution in [-0.4, -0.2) is 27.4 Å². The van der Waals surface area contributed by atoms with Gasteiger partial charge in [0.05, 0.1) is 10.6 Å². The van der Waals surface area contributed by atoms with Gasteiger partial charge in [-0.3, -0.25) is 9.10 Å². The van der Waals surface area contributed by atoms with Crippen molar-refractivity contribution in [3.63, 3.8) is 0 Å². The van der Waals surface area contributed by atoms with E-state index >= 15 is 0 Å². The molecule has 0 radical (unpaired) electrons. The van der Waals surface area contributed by atoms with Crippen LogP contribution in [0.15, 0.2) is 77.7 Å². The first-order valence-electron chi connectivity index (χ1n) is 9.91. The maximum absolute atomic E-state index is 13.5. The van der Waals surface area contributed by atoms with Crippen LogP contribution in [-0.2, 0) is 21.2 Å². The Balaban J connectivity index is 1.75. The van der Waals surface area contributed by atoms with E-state index in [4.69, 9.17) is 0 Å². The summed E-state index contributed by atoms with van der Waals surface area (Å²) in [5.74, 6) is -0.236. The monoisotopic (exact) mass is 420 g/mol. The summed E-state index contributed by atoms with van der Waals surface area (Å²) in [5.41, 5.74) is 4.23. The molecule has 0 fully saturated rings. The second-order valence-corrected chi connectivity index (χ2v) is 9.40. The quantitative estimate of drug-likeness (QED) is 0.625. The van der Waals surface area contributed by atoms with Crippen molar-refractivity contribution in [1.82, 2.24) is 0 Å². The zero-order valence-corrected chi connectivity index (χ0v) is 17.9. The van der Waals surface area contributed by atoms with Crippen molar-refractivity contribution in [3.8, 4) is 0 Å². The Morgan fingerprint density at radius 3 is 2.43 bits per heavy atom. The zero-order chi connectivity index (χ0) is 21.3. The van der Waals surface area contributed by atoms with E-state index in [1.54, 1.807) is 35.2 Å². The van der Waals surface area contributed by atoms with E-state index in [9.17, 15) is 13.2 Å². The molecule has 154 valence electrons. The normalized spacial score (nSPS) is 13.2. The van der Waals surface area contributed by atoms with Gasteiger partial charge in [0.25, 0.3) is 10.0 Å². The van der Waals surface area contributed by atoms with Gasteiger partial charge in [-0.2, -0.15) is 0 Å². The summed E-state index contributed by atoms with van der Waals surface area (Å²) in [5, 5.41) is 0. The van der Waals surface area contributed by atoms with E-state index in [0.29, 0.717) is 12.2 Å². The molecular formula is C24H24N2O3S. The van der Waals surface area contributed by atoms with Crippen molar-refractivity contribution in [1.29, 1.82) is 0 Å². The average molecular weight is 421 g/mol. The Labute approximate surface area is 177 Å². The lowest BCUT2D eigenvalue weighted by molar-refractivity contribution is -0.117. The minimum absolute atomic E-state index is 0.167. The van der Waals surface area contributed by atoms with Crippen LogP contribution in [0.5, 0.6) is 0 Å². The van der Waals surface area contributed by atoms with Gasteiger partial charge in [0, 0.05) is 12.2 Å². The molecule has 30 heavy (non-hydrogen) atoms. The Morgan fingerprint density at radius 1 is 0.967 bits per heavy atom. The van der Waals surface area contributed by atoms with E-state index in [1.165, 1.54) is 4.31 Å². The molecule has 0 N–H and O–H groups in total. The van der Waals surface area contributed by atoms with E-state index < -0.39 is 10.0 Å². The lowest BCUT2D eigenvalue weighted by atomic mass is 10.1. The molecule has 0 aliphatic carbocycles. The molecule has 0 aromatic heterocycles. The first-order chi connectivity index (χ1) is 14.4. The predicted molar refractivity (Wildman–Crippen MR) is 119 cm³/mol. The Morgan fingerprint density at radius 2 is 1.67 bits per heavy atom. The summed E-state index contributed by atoms with van der Waals surface area (Å²) < 4.78 is 28.3. The number of anilines is 2. The van der Waals surface area contributed by atoms with Gasteiger partial charge in [-0.1, -0.05) is 48.5 Å². The number of hydrogen-bond acceptors (Lipinski definition) is 3. The smallest absolute Gasteiger partial charge is 0.264 e. The van der Waals surface area contributed by atoms with Crippen LogP contribution in [0.3, 0.4) is 0 Å². The molecule has 0 unspecified atom stereocenters. The Bertz CT molecular complexity index is 1190. The molecule has 0 saturated heterocycles. The van der Waals surface area contributed by atoms with E-state index in [1.807, 2.05) is 56.3 Å². The van der Waals surface area contributed by atoms with Gasteiger partial charge in [-0.25, -0.2) is 8.42 Å². The molecule has 0 bridgehead atoms. The molecule has 6 heteroatoms. The lowest BCUT2D eigenvalue weighted by Crippen LogP contribution is -2.43. The highest BCUT2D eigenvalue weighted by molar-refractivity contribution is 7.92. The zero-order valence-electron chi connectivity index (χ0n) is 17.1. The van der Waals surface area contributed by atoms with E-state index in [2.05, 4.69) is 0 Å². The topological polar surface area (TPSA) is 57.7 Å². The highest BCUT2D eigenvalue weighted by atomic mass is 32.2. The molecule has 3 aromatic rings. The summed E-state index contributed by atoms with van der Waals surface area (Å²) in [6, 6.07) is 21.7. The number of aryl methyl sites for hydroxylation is 2. The fourth-order valence-corrected chi connectivity index (χ4v) is 5.30. The minimum Gasteiger partial charge on any atom is -0.310 e. The number of carbonyl (C=O) groups is 1. The summed E-state index contributed by atoms with van der Waals surface area (Å²) in [6.07, 6.45) is 0.775. The fraction of sp³-hybridized carbons (Fsp3) is 0.208. The number of fused-ring (bicyclic) bond motifs is 1. The van der Waals surface area contributed by atoms with Crippen LogP contribution in [0.4, 0.5) is 11.4 Å². The summed E-state index contributed by atoms with van der Waals surface area (Å²) in [4.78, 5) is 15.1. The fourth-order valence-electron chi connectivity index (χ4n) is 3.81. The number of para-hydroxylation sites is 1. The number of hydrogen-bond donors (Lipinski definition) is 0. The van der Waals surface area contributed by atoms with Crippen molar-refractivity contribution >= 4 is 27.3 Å². The molecule has 1 aliphatic heterocycles. The van der Waals surface area contributed by atoms with Gasteiger partial charge in [0.1, 0.15) is 6.54 Å². The molecule has 0 spiro atoms. The highest BCUT2D eigenvalue weighted by Crippen LogP contribution is 2.31. The van der Waals surface area contributed by atoms with Crippen LogP contribution in [0.25, 0.3) is 0 Å². The maximum atomic E-state index is 13.5. The predicted octanol–water partition coefficient (Wildman–Crippen LogP) is 4.09. The van der Waals surface area contributed by atoms with Crippen LogP contribution < -0.4 is 9.21 Å². The second kappa shape index (κ2) is 7.95. The van der Waals surface area contributed by atoms with Gasteiger partial charge in [-0.05, 0) is 61.2 Å². The van der Waals surface area contributed by atoms with Crippen molar-refractivity contribution in [2.75, 3.05) is 22.3 Å². The number of sulfonamides is 1. The first-order valence-corrected chi connectivity index (χ1v) is 11.4. The van der Waals surface area contributed by atoms with Gasteiger partial charge in [0.15, 0.2) is 0 Å². The molecule has 4 rings (SSSR count). The molecule has 1 amide bonds. The molecule has 1 heterocycles. The number of nitrogens with zero attached hydrogens (tertiary/aromatic N) is 2. The van der Waals surface area contributed by atoms with E-state index in [0.717, 1.165) is 28.8 Å². The molecule has 0 saturated carbocycles. The van der Waals surface area contributed by atoms with Gasteiger partial charge < -0.3 is 4.90 Å². The first kappa shape index (κ1) is 20.2. The van der Waals surface area contributed by atoms with Crippen molar-refractivity contribution in [3.05, 3.63) is 89.5 Å². The maximum Gasteiger partial charge on any atom is 0.264 e. The van der Waals surface area contributed by atoms with Crippen LogP contribution in [0.2, 0.25) is 0 Å². The third-order valence-corrected chi connectivity index (χ3v) is 7.21. The summed E-state index contributed by atoms with van der Waals surface area (Å²) in [6.45, 7) is 4.08. The Hall–Kier alpha value is -3.12. The summed E-state index contributed by atoms with van der Waals surface area (Å²) in [7, 11) is -3.91. The van der Waals surface area contributed by atoms with Crippen molar-refractivity contribution < 1.29 is 13.2 Å². The number of carbonyl (C=O) groups excluding carboxylic acids is 1.